The second-order valence-electron chi connectivity index (χ2n) is 6.36. The van der Waals surface area contributed by atoms with Gasteiger partial charge in [0.05, 0.1) is 6.04 Å². The number of aromatic nitrogens is 2. The van der Waals surface area contributed by atoms with Crippen LogP contribution in [0.5, 0.6) is 0 Å². The molecule has 2 rings (SSSR count). The summed E-state index contributed by atoms with van der Waals surface area (Å²) in [5, 5.41) is 0. The van der Waals surface area contributed by atoms with Crippen molar-refractivity contribution >= 4 is 5.91 Å². The lowest BCUT2D eigenvalue weighted by Crippen LogP contribution is -2.52. The fraction of sp³-hybridized carbons (Fsp3) is 0.765. The minimum absolute atomic E-state index is 0.0559. The molecule has 0 aliphatic carbocycles. The molecule has 1 aromatic rings. The Balaban J connectivity index is 2.02. The Bertz CT molecular complexity index is 503. The summed E-state index contributed by atoms with van der Waals surface area (Å²) >= 11 is 0. The first-order valence-electron chi connectivity index (χ1n) is 8.57. The summed E-state index contributed by atoms with van der Waals surface area (Å²) in [4.78, 5) is 21.7. The lowest BCUT2D eigenvalue weighted by atomic mass is 10.0. The Kier molecular flexibility index (Phi) is 6.59. The van der Waals surface area contributed by atoms with Gasteiger partial charge in [0.15, 0.2) is 0 Å². The van der Waals surface area contributed by atoms with Crippen molar-refractivity contribution in [1.82, 2.24) is 19.4 Å². The lowest BCUT2D eigenvalue weighted by Gasteiger charge is -2.41. The van der Waals surface area contributed by atoms with E-state index in [0.29, 0.717) is 0 Å². The zero-order valence-electron chi connectivity index (χ0n) is 14.9. The molecule has 6 heteroatoms. The summed E-state index contributed by atoms with van der Waals surface area (Å²) in [7, 11) is 3.72. The standard InChI is InChI=1S/C17H30N4O2/c1-5-20-10-11-21(17(22)14(2)7-6-12-23-4)13-15(20)16-18-8-9-19(16)3/h8-9,14-15H,5-7,10-13H2,1-4H3. The predicted molar refractivity (Wildman–Crippen MR) is 90.1 cm³/mol. The van der Waals surface area contributed by atoms with Crippen LogP contribution in [0.15, 0.2) is 12.4 Å². The Labute approximate surface area is 139 Å². The lowest BCUT2D eigenvalue weighted by molar-refractivity contribution is -0.138. The van der Waals surface area contributed by atoms with E-state index in [0.717, 1.165) is 51.5 Å². The molecule has 2 atom stereocenters. The van der Waals surface area contributed by atoms with Crippen LogP contribution in [0.25, 0.3) is 0 Å². The van der Waals surface area contributed by atoms with Gasteiger partial charge in [0, 0.05) is 58.7 Å². The molecule has 2 unspecified atom stereocenters. The van der Waals surface area contributed by atoms with Gasteiger partial charge >= 0.3 is 0 Å². The van der Waals surface area contributed by atoms with Crippen molar-refractivity contribution in [3.63, 3.8) is 0 Å². The summed E-state index contributed by atoms with van der Waals surface area (Å²) in [6.45, 7) is 8.33. The molecule has 130 valence electrons. The Morgan fingerprint density at radius 1 is 1.48 bits per heavy atom. The summed E-state index contributed by atoms with van der Waals surface area (Å²) in [6.07, 6.45) is 5.61. The van der Waals surface area contributed by atoms with Gasteiger partial charge in [-0.3, -0.25) is 9.69 Å². The summed E-state index contributed by atoms with van der Waals surface area (Å²) in [5.74, 6) is 1.35. The molecule has 1 saturated heterocycles. The van der Waals surface area contributed by atoms with E-state index in [-0.39, 0.29) is 17.9 Å². The minimum atomic E-state index is 0.0559. The number of amides is 1. The number of aryl methyl sites for hydroxylation is 1. The molecule has 0 bridgehead atoms. The number of likely N-dealkylation sites (N-methyl/N-ethyl adjacent to an activating group) is 1. The van der Waals surface area contributed by atoms with Gasteiger partial charge in [-0.2, -0.15) is 0 Å². The van der Waals surface area contributed by atoms with E-state index >= 15 is 0 Å². The first-order valence-corrected chi connectivity index (χ1v) is 8.57. The number of nitrogens with zero attached hydrogens (tertiary/aromatic N) is 4. The molecule has 6 nitrogen and oxygen atoms in total. The quantitative estimate of drug-likeness (QED) is 0.717. The first kappa shape index (κ1) is 17.9. The normalized spacial score (nSPS) is 20.7. The highest BCUT2D eigenvalue weighted by Crippen LogP contribution is 2.25. The van der Waals surface area contributed by atoms with Crippen molar-refractivity contribution in [3.8, 4) is 0 Å². The van der Waals surface area contributed by atoms with Crippen LogP contribution in [0.2, 0.25) is 0 Å². The van der Waals surface area contributed by atoms with Crippen LogP contribution in [0.4, 0.5) is 0 Å². The highest BCUT2D eigenvalue weighted by atomic mass is 16.5. The first-order chi connectivity index (χ1) is 11.1. The fourth-order valence-corrected chi connectivity index (χ4v) is 3.31. The zero-order chi connectivity index (χ0) is 16.8. The van der Waals surface area contributed by atoms with Crippen LogP contribution in [-0.2, 0) is 16.6 Å². The molecule has 0 saturated carbocycles. The topological polar surface area (TPSA) is 50.6 Å². The number of ether oxygens (including phenoxy) is 1. The molecule has 1 amide bonds. The molecule has 1 aromatic heterocycles. The average molecular weight is 322 g/mol. The van der Waals surface area contributed by atoms with Crippen molar-refractivity contribution < 1.29 is 9.53 Å². The number of carbonyl (C=O) groups is 1. The highest BCUT2D eigenvalue weighted by molar-refractivity contribution is 5.78. The van der Waals surface area contributed by atoms with Gasteiger partial charge in [0.1, 0.15) is 5.82 Å². The van der Waals surface area contributed by atoms with E-state index in [4.69, 9.17) is 4.74 Å². The molecule has 1 fully saturated rings. The Morgan fingerprint density at radius 3 is 2.87 bits per heavy atom. The molecule has 2 heterocycles. The maximum absolute atomic E-state index is 12.7. The Morgan fingerprint density at radius 2 is 2.26 bits per heavy atom. The van der Waals surface area contributed by atoms with Crippen LogP contribution >= 0.6 is 0 Å². The molecule has 1 aliphatic rings. The molecule has 1 aliphatic heterocycles. The molecular weight excluding hydrogens is 292 g/mol. The molecular formula is C17H30N4O2. The van der Waals surface area contributed by atoms with Crippen molar-refractivity contribution in [2.45, 2.75) is 32.7 Å². The molecule has 0 N–H and O–H groups in total. The highest BCUT2D eigenvalue weighted by Gasteiger charge is 2.33. The number of carbonyl (C=O) groups excluding carboxylic acids is 1. The van der Waals surface area contributed by atoms with Crippen LogP contribution in [0.3, 0.4) is 0 Å². The maximum Gasteiger partial charge on any atom is 0.225 e. The van der Waals surface area contributed by atoms with Crippen molar-refractivity contribution in [3.05, 3.63) is 18.2 Å². The SMILES string of the molecule is CCN1CCN(C(=O)C(C)CCCOC)CC1c1nccn1C. The van der Waals surface area contributed by atoms with Crippen LogP contribution in [0, 0.1) is 5.92 Å². The van der Waals surface area contributed by atoms with Crippen molar-refractivity contribution in [1.29, 1.82) is 0 Å². The van der Waals surface area contributed by atoms with Crippen LogP contribution < -0.4 is 0 Å². The fourth-order valence-electron chi connectivity index (χ4n) is 3.31. The minimum Gasteiger partial charge on any atom is -0.385 e. The van der Waals surface area contributed by atoms with Crippen LogP contribution in [0.1, 0.15) is 38.6 Å². The van der Waals surface area contributed by atoms with E-state index in [2.05, 4.69) is 21.4 Å². The summed E-state index contributed by atoms with van der Waals surface area (Å²) < 4.78 is 7.14. The van der Waals surface area contributed by atoms with E-state index in [1.54, 1.807) is 7.11 Å². The van der Waals surface area contributed by atoms with Gasteiger partial charge in [0.2, 0.25) is 5.91 Å². The summed E-state index contributed by atoms with van der Waals surface area (Å²) in [5.41, 5.74) is 0. The smallest absolute Gasteiger partial charge is 0.225 e. The van der Waals surface area contributed by atoms with E-state index < -0.39 is 0 Å². The number of piperazine rings is 1. The molecule has 0 radical (unpaired) electrons. The van der Waals surface area contributed by atoms with Gasteiger partial charge in [0.25, 0.3) is 0 Å². The van der Waals surface area contributed by atoms with Crippen molar-refractivity contribution in [2.24, 2.45) is 13.0 Å². The number of imidazole rings is 1. The largest absolute Gasteiger partial charge is 0.385 e. The number of hydrogen-bond acceptors (Lipinski definition) is 4. The maximum atomic E-state index is 12.7. The zero-order valence-corrected chi connectivity index (χ0v) is 14.9. The Hall–Kier alpha value is -1.40. The number of rotatable bonds is 7. The third-order valence-electron chi connectivity index (χ3n) is 4.77. The van der Waals surface area contributed by atoms with Gasteiger partial charge in [-0.1, -0.05) is 13.8 Å². The van der Waals surface area contributed by atoms with Gasteiger partial charge in [-0.15, -0.1) is 0 Å². The number of hydrogen-bond donors (Lipinski definition) is 0. The molecule has 23 heavy (non-hydrogen) atoms. The second-order valence-corrected chi connectivity index (χ2v) is 6.36. The van der Waals surface area contributed by atoms with Crippen molar-refractivity contribution in [2.75, 3.05) is 39.9 Å². The monoisotopic (exact) mass is 322 g/mol. The van der Waals surface area contributed by atoms with E-state index in [9.17, 15) is 4.79 Å². The molecule has 0 aromatic carbocycles. The third kappa shape index (κ3) is 4.32. The van der Waals surface area contributed by atoms with Gasteiger partial charge < -0.3 is 14.2 Å². The third-order valence-corrected chi connectivity index (χ3v) is 4.77. The van der Waals surface area contributed by atoms with Gasteiger partial charge in [-0.05, 0) is 19.4 Å². The summed E-state index contributed by atoms with van der Waals surface area (Å²) in [6, 6.07) is 0.184. The number of methoxy groups -OCH3 is 1. The van der Waals surface area contributed by atoms with E-state index in [1.807, 2.05) is 31.3 Å². The van der Waals surface area contributed by atoms with E-state index in [1.165, 1.54) is 0 Å². The molecule has 0 spiro atoms. The van der Waals surface area contributed by atoms with Gasteiger partial charge in [-0.25, -0.2) is 4.98 Å². The van der Waals surface area contributed by atoms with Crippen LogP contribution in [-0.4, -0.2) is 65.2 Å². The second kappa shape index (κ2) is 8.45. The average Bonchev–Trinajstić information content (AvgIpc) is 2.99. The predicted octanol–water partition coefficient (Wildman–Crippen LogP) is 1.69.